The van der Waals surface area contributed by atoms with Gasteiger partial charge in [0.15, 0.2) is 0 Å². The molecule has 0 radical (unpaired) electrons. The van der Waals surface area contributed by atoms with Gasteiger partial charge in [-0.15, -0.1) is 0 Å². The number of hydrogen-bond donors (Lipinski definition) is 1. The van der Waals surface area contributed by atoms with Crippen molar-refractivity contribution in [3.8, 4) is 5.75 Å². The Hall–Kier alpha value is -2.30. The predicted molar refractivity (Wildman–Crippen MR) is 92.5 cm³/mol. The van der Waals surface area contributed by atoms with Gasteiger partial charge >= 0.3 is 0 Å². The summed E-state index contributed by atoms with van der Waals surface area (Å²) in [4.78, 5) is 12.7. The Bertz CT molecular complexity index is 708. The lowest BCUT2D eigenvalue weighted by Crippen LogP contribution is -2.16. The van der Waals surface area contributed by atoms with E-state index in [1.54, 1.807) is 6.07 Å². The fourth-order valence-electron chi connectivity index (χ4n) is 2.96. The highest BCUT2D eigenvalue weighted by atomic mass is 16.5. The van der Waals surface area contributed by atoms with Crippen molar-refractivity contribution in [2.45, 2.75) is 46.0 Å². The number of rotatable bonds is 6. The monoisotopic (exact) mass is 328 g/mol. The van der Waals surface area contributed by atoms with Gasteiger partial charge in [-0.2, -0.15) is 0 Å². The summed E-state index contributed by atoms with van der Waals surface area (Å²) in [6.07, 6.45) is 4.93. The molecule has 0 bridgehead atoms. The highest BCUT2D eigenvalue weighted by molar-refractivity contribution is 6.05. The topological polar surface area (TPSA) is 64.4 Å². The molecule has 1 atom stereocenters. The second kappa shape index (κ2) is 7.51. The van der Waals surface area contributed by atoms with Crippen LogP contribution in [0.2, 0.25) is 0 Å². The van der Waals surface area contributed by atoms with Gasteiger partial charge in [0, 0.05) is 5.56 Å². The van der Waals surface area contributed by atoms with E-state index in [0.29, 0.717) is 29.7 Å². The van der Waals surface area contributed by atoms with E-state index in [1.807, 2.05) is 18.2 Å². The average Bonchev–Trinajstić information content (AvgIpc) is 2.97. The first-order chi connectivity index (χ1) is 11.7. The van der Waals surface area contributed by atoms with Crippen LogP contribution in [0.3, 0.4) is 0 Å². The highest BCUT2D eigenvalue weighted by Crippen LogP contribution is 2.31. The third kappa shape index (κ3) is 3.61. The van der Waals surface area contributed by atoms with Crippen LogP contribution in [0.25, 0.3) is 0 Å². The zero-order valence-corrected chi connectivity index (χ0v) is 14.3. The Morgan fingerprint density at radius 2 is 2.25 bits per heavy atom. The van der Waals surface area contributed by atoms with Crippen LogP contribution in [0.1, 0.15) is 54.7 Å². The van der Waals surface area contributed by atoms with Gasteiger partial charge in [-0.3, -0.25) is 10.1 Å². The maximum absolute atomic E-state index is 12.7. The van der Waals surface area contributed by atoms with Crippen molar-refractivity contribution in [3.63, 3.8) is 0 Å². The number of benzene rings is 1. The Labute approximate surface area is 142 Å². The van der Waals surface area contributed by atoms with E-state index in [9.17, 15) is 4.79 Å². The van der Waals surface area contributed by atoms with Gasteiger partial charge in [0.25, 0.3) is 5.91 Å². The second-order valence-electron chi connectivity index (χ2n) is 6.44. The molecule has 1 aromatic carbocycles. The molecule has 128 valence electrons. The number of anilines is 1. The molecule has 1 aromatic heterocycles. The quantitative estimate of drug-likeness (QED) is 0.806. The summed E-state index contributed by atoms with van der Waals surface area (Å²) in [7, 11) is 0. The van der Waals surface area contributed by atoms with Crippen molar-refractivity contribution >= 4 is 11.8 Å². The normalized spacial score (nSPS) is 16.5. The number of amides is 1. The Kier molecular flexibility index (Phi) is 5.18. The number of unbranched alkanes of at least 4 members (excludes halogenated alkanes) is 1. The lowest BCUT2D eigenvalue weighted by atomic mass is 9.89. The fraction of sp³-hybridized carbons (Fsp3) is 0.474. The molecule has 2 aromatic rings. The van der Waals surface area contributed by atoms with Gasteiger partial charge in [-0.1, -0.05) is 37.6 Å². The molecule has 1 amide bonds. The molecule has 0 saturated carbocycles. The van der Waals surface area contributed by atoms with Crippen LogP contribution >= 0.6 is 0 Å². The van der Waals surface area contributed by atoms with Gasteiger partial charge in [0.05, 0.1) is 17.9 Å². The van der Waals surface area contributed by atoms with Crippen LogP contribution in [0.5, 0.6) is 5.75 Å². The molecule has 0 spiro atoms. The first kappa shape index (κ1) is 16.6. The zero-order chi connectivity index (χ0) is 16.9. The molecule has 1 aliphatic carbocycles. The molecular formula is C19H24N2O3. The minimum absolute atomic E-state index is 0.223. The number of nitrogens with one attached hydrogen (secondary N) is 1. The smallest absolute Gasteiger partial charge is 0.261 e. The van der Waals surface area contributed by atoms with Crippen LogP contribution < -0.4 is 10.1 Å². The first-order valence-corrected chi connectivity index (χ1v) is 8.69. The Morgan fingerprint density at radius 3 is 3.08 bits per heavy atom. The van der Waals surface area contributed by atoms with Gasteiger partial charge in [-0.05, 0) is 43.7 Å². The van der Waals surface area contributed by atoms with Crippen molar-refractivity contribution < 1.29 is 14.1 Å². The average molecular weight is 328 g/mol. The van der Waals surface area contributed by atoms with Gasteiger partial charge in [-0.25, -0.2) is 0 Å². The summed E-state index contributed by atoms with van der Waals surface area (Å²) >= 11 is 0. The van der Waals surface area contributed by atoms with Gasteiger partial charge in [0.2, 0.25) is 5.88 Å². The molecule has 3 rings (SSSR count). The van der Waals surface area contributed by atoms with Crippen molar-refractivity contribution in [2.24, 2.45) is 5.92 Å². The van der Waals surface area contributed by atoms with E-state index in [4.69, 9.17) is 9.26 Å². The van der Waals surface area contributed by atoms with E-state index in [1.165, 1.54) is 0 Å². The second-order valence-corrected chi connectivity index (χ2v) is 6.44. The molecule has 0 aliphatic heterocycles. The molecule has 5 nitrogen and oxygen atoms in total. The maximum Gasteiger partial charge on any atom is 0.261 e. The molecule has 1 aliphatic rings. The molecule has 24 heavy (non-hydrogen) atoms. The number of hydrogen-bond acceptors (Lipinski definition) is 4. The van der Waals surface area contributed by atoms with Crippen molar-refractivity contribution in [1.29, 1.82) is 0 Å². The summed E-state index contributed by atoms with van der Waals surface area (Å²) in [6.45, 7) is 4.92. The van der Waals surface area contributed by atoms with Crippen LogP contribution in [-0.4, -0.2) is 17.7 Å². The third-order valence-electron chi connectivity index (χ3n) is 4.41. The molecule has 0 unspecified atom stereocenters. The number of fused-ring (bicyclic) bond motifs is 1. The number of ether oxygens (including phenoxy) is 1. The summed E-state index contributed by atoms with van der Waals surface area (Å²) in [6, 6.07) is 7.29. The van der Waals surface area contributed by atoms with Crippen molar-refractivity contribution in [1.82, 2.24) is 5.16 Å². The number of carbonyl (C=O) groups is 1. The van der Waals surface area contributed by atoms with Gasteiger partial charge in [0.1, 0.15) is 5.75 Å². The fourth-order valence-corrected chi connectivity index (χ4v) is 2.96. The maximum atomic E-state index is 12.7. The Balaban J connectivity index is 1.75. The number of aromatic nitrogens is 1. The minimum atomic E-state index is -0.223. The van der Waals surface area contributed by atoms with E-state index >= 15 is 0 Å². The van der Waals surface area contributed by atoms with E-state index in [0.717, 1.165) is 43.4 Å². The molecule has 5 heteroatoms. The van der Waals surface area contributed by atoms with E-state index < -0.39 is 0 Å². The number of para-hydroxylation sites is 1. The largest absolute Gasteiger partial charge is 0.493 e. The molecule has 0 fully saturated rings. The van der Waals surface area contributed by atoms with E-state index in [-0.39, 0.29) is 5.91 Å². The number of nitrogens with zero attached hydrogens (tertiary/aromatic N) is 1. The number of aryl methyl sites for hydroxylation is 1. The lowest BCUT2D eigenvalue weighted by Gasteiger charge is -2.17. The predicted octanol–water partition coefficient (Wildman–Crippen LogP) is 4.23. The summed E-state index contributed by atoms with van der Waals surface area (Å²) in [5, 5.41) is 6.97. The number of carbonyl (C=O) groups excluding carboxylic acids is 1. The molecule has 1 N–H and O–H groups in total. The molecular weight excluding hydrogens is 304 g/mol. The minimum Gasteiger partial charge on any atom is -0.493 e. The lowest BCUT2D eigenvalue weighted by molar-refractivity contribution is 0.101. The van der Waals surface area contributed by atoms with Crippen LogP contribution in [0.15, 0.2) is 28.8 Å². The van der Waals surface area contributed by atoms with Crippen molar-refractivity contribution in [2.75, 3.05) is 11.9 Å². The first-order valence-electron chi connectivity index (χ1n) is 8.69. The summed E-state index contributed by atoms with van der Waals surface area (Å²) in [5.41, 5.74) is 2.52. The highest BCUT2D eigenvalue weighted by Gasteiger charge is 2.25. The van der Waals surface area contributed by atoms with Crippen LogP contribution in [-0.2, 0) is 12.8 Å². The summed E-state index contributed by atoms with van der Waals surface area (Å²) < 4.78 is 11.1. The van der Waals surface area contributed by atoms with Crippen LogP contribution in [0.4, 0.5) is 5.88 Å². The zero-order valence-electron chi connectivity index (χ0n) is 14.3. The van der Waals surface area contributed by atoms with Crippen LogP contribution in [0, 0.1) is 5.92 Å². The Morgan fingerprint density at radius 1 is 1.42 bits per heavy atom. The standard InChI is InChI=1S/C19H24N2O3/c1-3-4-11-23-17-8-6-5-7-14(17)18(22)20-19-15-12-13(2)9-10-16(15)21-24-19/h5-8,13H,3-4,9-12H2,1-2H3,(H,20,22)/t13-/m1/s1. The molecule has 1 heterocycles. The van der Waals surface area contributed by atoms with Crippen molar-refractivity contribution in [3.05, 3.63) is 41.1 Å². The SMILES string of the molecule is CCCCOc1ccccc1C(=O)Nc1onc2c1C[C@H](C)CC2. The molecule has 0 saturated heterocycles. The summed E-state index contributed by atoms with van der Waals surface area (Å²) in [5.74, 6) is 1.44. The van der Waals surface area contributed by atoms with E-state index in [2.05, 4.69) is 24.3 Å². The third-order valence-corrected chi connectivity index (χ3v) is 4.41. The van der Waals surface area contributed by atoms with Gasteiger partial charge < -0.3 is 9.26 Å².